The van der Waals surface area contributed by atoms with Gasteiger partial charge in [0.1, 0.15) is 6.61 Å². The Bertz CT molecular complexity index is 659. The molecule has 1 N–H and O–H groups in total. The molecule has 2 rings (SSSR count). The van der Waals surface area contributed by atoms with Gasteiger partial charge in [0.15, 0.2) is 0 Å². The zero-order valence-electron chi connectivity index (χ0n) is 11.3. The third kappa shape index (κ3) is 4.00. The highest BCUT2D eigenvalue weighted by atomic mass is 16.6. The molecule has 1 aromatic carbocycles. The van der Waals surface area contributed by atoms with Crippen LogP contribution in [0.4, 0.5) is 16.2 Å². The molecule has 0 fully saturated rings. The van der Waals surface area contributed by atoms with Crippen LogP contribution in [0.15, 0.2) is 42.7 Å². The van der Waals surface area contributed by atoms with Crippen molar-refractivity contribution in [2.45, 2.75) is 13.5 Å². The van der Waals surface area contributed by atoms with Crippen LogP contribution in [0.25, 0.3) is 0 Å². The van der Waals surface area contributed by atoms with Crippen molar-refractivity contribution in [3.8, 4) is 0 Å². The van der Waals surface area contributed by atoms with E-state index >= 15 is 0 Å². The van der Waals surface area contributed by atoms with Gasteiger partial charge in [0.05, 0.1) is 10.6 Å². The van der Waals surface area contributed by atoms with Crippen LogP contribution in [-0.4, -0.2) is 16.0 Å². The van der Waals surface area contributed by atoms with Crippen LogP contribution in [0.5, 0.6) is 0 Å². The number of amides is 1. The summed E-state index contributed by atoms with van der Waals surface area (Å²) in [7, 11) is 0. The Hall–Kier alpha value is -2.96. The van der Waals surface area contributed by atoms with E-state index in [1.165, 1.54) is 12.1 Å². The summed E-state index contributed by atoms with van der Waals surface area (Å²) < 4.78 is 5.04. The molecular formula is C14H13N3O4. The molecule has 1 heterocycles. The van der Waals surface area contributed by atoms with Crippen molar-refractivity contribution < 1.29 is 14.5 Å². The topological polar surface area (TPSA) is 94.4 Å². The molecule has 108 valence electrons. The molecule has 0 saturated carbocycles. The minimum absolute atomic E-state index is 0.0926. The van der Waals surface area contributed by atoms with Gasteiger partial charge in [-0.25, -0.2) is 4.79 Å². The molecule has 0 unspecified atom stereocenters. The zero-order valence-corrected chi connectivity index (χ0v) is 11.3. The van der Waals surface area contributed by atoms with E-state index in [0.717, 1.165) is 5.56 Å². The Morgan fingerprint density at radius 2 is 2.05 bits per heavy atom. The number of anilines is 1. The fraction of sp³-hybridized carbons (Fsp3) is 0.143. The van der Waals surface area contributed by atoms with Crippen LogP contribution in [0.2, 0.25) is 0 Å². The SMILES string of the molecule is Cc1ccc([N+](=O)[O-])cc1NC(=O)OCc1ccncc1. The van der Waals surface area contributed by atoms with E-state index in [9.17, 15) is 14.9 Å². The highest BCUT2D eigenvalue weighted by Gasteiger charge is 2.11. The number of ether oxygens (including phenoxy) is 1. The third-order valence-electron chi connectivity index (χ3n) is 2.79. The summed E-state index contributed by atoms with van der Waals surface area (Å²) in [6.07, 6.45) is 2.53. The molecule has 0 saturated heterocycles. The zero-order chi connectivity index (χ0) is 15.2. The van der Waals surface area contributed by atoms with Gasteiger partial charge in [-0.15, -0.1) is 0 Å². The summed E-state index contributed by atoms with van der Waals surface area (Å²) in [5.74, 6) is 0. The Morgan fingerprint density at radius 1 is 1.33 bits per heavy atom. The number of nitrogens with zero attached hydrogens (tertiary/aromatic N) is 2. The molecule has 0 aliphatic heterocycles. The van der Waals surface area contributed by atoms with Gasteiger partial charge in [-0.05, 0) is 30.2 Å². The molecule has 0 atom stereocenters. The first-order valence-corrected chi connectivity index (χ1v) is 6.14. The first-order valence-electron chi connectivity index (χ1n) is 6.14. The van der Waals surface area contributed by atoms with Crippen molar-refractivity contribution in [1.82, 2.24) is 4.98 Å². The fourth-order valence-corrected chi connectivity index (χ4v) is 1.63. The van der Waals surface area contributed by atoms with Crippen molar-refractivity contribution in [3.05, 3.63) is 64.0 Å². The summed E-state index contributed by atoms with van der Waals surface area (Å²) in [5, 5.41) is 13.2. The average Bonchev–Trinajstić information content (AvgIpc) is 2.48. The number of carbonyl (C=O) groups is 1. The number of hydrogen-bond donors (Lipinski definition) is 1. The molecule has 1 amide bonds. The molecule has 0 aliphatic carbocycles. The highest BCUT2D eigenvalue weighted by Crippen LogP contribution is 2.22. The number of rotatable bonds is 4. The largest absolute Gasteiger partial charge is 0.444 e. The number of carbonyl (C=O) groups excluding carboxylic acids is 1. The molecular weight excluding hydrogens is 274 g/mol. The summed E-state index contributed by atoms with van der Waals surface area (Å²) in [5.41, 5.74) is 1.77. The number of aryl methyl sites for hydroxylation is 1. The summed E-state index contributed by atoms with van der Waals surface area (Å²) in [6.45, 7) is 1.84. The number of nitro groups is 1. The second-order valence-corrected chi connectivity index (χ2v) is 4.31. The van der Waals surface area contributed by atoms with E-state index in [2.05, 4.69) is 10.3 Å². The van der Waals surface area contributed by atoms with Crippen LogP contribution in [0.3, 0.4) is 0 Å². The summed E-state index contributed by atoms with van der Waals surface area (Å²) in [6, 6.07) is 7.69. The van der Waals surface area contributed by atoms with Gasteiger partial charge in [0, 0.05) is 24.5 Å². The maximum atomic E-state index is 11.7. The molecule has 0 aliphatic rings. The normalized spacial score (nSPS) is 9.95. The second-order valence-electron chi connectivity index (χ2n) is 4.31. The minimum atomic E-state index is -0.671. The van der Waals surface area contributed by atoms with E-state index in [1.807, 2.05) is 0 Å². The summed E-state index contributed by atoms with van der Waals surface area (Å²) >= 11 is 0. The van der Waals surface area contributed by atoms with E-state index in [4.69, 9.17) is 4.74 Å². The quantitative estimate of drug-likeness (QED) is 0.689. The van der Waals surface area contributed by atoms with E-state index < -0.39 is 11.0 Å². The van der Waals surface area contributed by atoms with Gasteiger partial charge < -0.3 is 4.74 Å². The second kappa shape index (κ2) is 6.47. The van der Waals surface area contributed by atoms with Gasteiger partial charge in [-0.2, -0.15) is 0 Å². The van der Waals surface area contributed by atoms with Crippen molar-refractivity contribution in [2.75, 3.05) is 5.32 Å². The van der Waals surface area contributed by atoms with Gasteiger partial charge in [-0.1, -0.05) is 6.07 Å². The summed E-state index contributed by atoms with van der Waals surface area (Å²) in [4.78, 5) is 25.8. The first-order chi connectivity index (χ1) is 10.1. The third-order valence-corrected chi connectivity index (χ3v) is 2.79. The Balaban J connectivity index is 1.99. The lowest BCUT2D eigenvalue weighted by Gasteiger charge is -2.09. The standard InChI is InChI=1S/C14H13N3O4/c1-10-2-3-12(17(19)20)8-13(10)16-14(18)21-9-11-4-6-15-7-5-11/h2-8H,9H2,1H3,(H,16,18). The molecule has 0 bridgehead atoms. The lowest BCUT2D eigenvalue weighted by atomic mass is 10.2. The fourth-order valence-electron chi connectivity index (χ4n) is 1.63. The van der Waals surface area contributed by atoms with Crippen molar-refractivity contribution in [3.63, 3.8) is 0 Å². The monoisotopic (exact) mass is 287 g/mol. The van der Waals surface area contributed by atoms with Crippen molar-refractivity contribution in [2.24, 2.45) is 0 Å². The highest BCUT2D eigenvalue weighted by molar-refractivity contribution is 5.86. The van der Waals surface area contributed by atoms with Crippen LogP contribution in [-0.2, 0) is 11.3 Å². The number of aromatic nitrogens is 1. The van der Waals surface area contributed by atoms with E-state index in [1.54, 1.807) is 37.5 Å². The smallest absolute Gasteiger partial charge is 0.411 e. The maximum Gasteiger partial charge on any atom is 0.411 e. The van der Waals surface area contributed by atoms with E-state index in [0.29, 0.717) is 11.3 Å². The number of hydrogen-bond acceptors (Lipinski definition) is 5. The van der Waals surface area contributed by atoms with Gasteiger partial charge in [0.2, 0.25) is 0 Å². The molecule has 7 heteroatoms. The number of nitro benzene ring substituents is 1. The average molecular weight is 287 g/mol. The van der Waals surface area contributed by atoms with Crippen LogP contribution >= 0.6 is 0 Å². The predicted molar refractivity (Wildman–Crippen MR) is 75.9 cm³/mol. The molecule has 7 nitrogen and oxygen atoms in total. The van der Waals surface area contributed by atoms with Gasteiger partial charge >= 0.3 is 6.09 Å². The molecule has 1 aromatic heterocycles. The Morgan fingerprint density at radius 3 is 2.71 bits per heavy atom. The maximum absolute atomic E-state index is 11.7. The number of non-ortho nitro benzene ring substituents is 1. The van der Waals surface area contributed by atoms with Crippen LogP contribution < -0.4 is 5.32 Å². The van der Waals surface area contributed by atoms with Crippen molar-refractivity contribution in [1.29, 1.82) is 0 Å². The molecule has 2 aromatic rings. The van der Waals surface area contributed by atoms with Crippen molar-refractivity contribution >= 4 is 17.5 Å². The Kier molecular flexibility index (Phi) is 4.45. The minimum Gasteiger partial charge on any atom is -0.444 e. The number of benzene rings is 1. The van der Waals surface area contributed by atoms with Gasteiger partial charge in [0.25, 0.3) is 5.69 Å². The Labute approximate surface area is 120 Å². The molecule has 0 radical (unpaired) electrons. The lowest BCUT2D eigenvalue weighted by molar-refractivity contribution is -0.384. The number of nitrogens with one attached hydrogen (secondary N) is 1. The molecule has 21 heavy (non-hydrogen) atoms. The van der Waals surface area contributed by atoms with Crippen LogP contribution in [0.1, 0.15) is 11.1 Å². The van der Waals surface area contributed by atoms with Gasteiger partial charge in [-0.3, -0.25) is 20.4 Å². The molecule has 0 spiro atoms. The predicted octanol–water partition coefficient (Wildman–Crippen LogP) is 3.05. The first kappa shape index (κ1) is 14.4. The van der Waals surface area contributed by atoms with Crippen LogP contribution in [0, 0.1) is 17.0 Å². The van der Waals surface area contributed by atoms with E-state index in [-0.39, 0.29) is 12.3 Å². The number of pyridine rings is 1. The lowest BCUT2D eigenvalue weighted by Crippen LogP contribution is -2.14.